The number of carbonyl (C=O) groups excluding carboxylic acids is 6. The minimum Gasteiger partial charge on any atom is -0.385 e. The maximum atomic E-state index is 12.1. The van der Waals surface area contributed by atoms with Crippen LogP contribution in [0.2, 0.25) is 0 Å². The number of hydrogen-bond donors (Lipinski definition) is 2. The first kappa shape index (κ1) is 36.7. The Labute approximate surface area is 263 Å². The number of rotatable bonds is 20. The number of nitrogens with zero attached hydrogens (tertiary/aromatic N) is 2. The summed E-state index contributed by atoms with van der Waals surface area (Å²) in [6, 6.07) is 5.82. The van der Waals surface area contributed by atoms with Gasteiger partial charge in [-0.1, -0.05) is 33.1 Å². The Morgan fingerprint density at radius 3 is 2.32 bits per heavy atom. The van der Waals surface area contributed by atoms with E-state index in [4.69, 9.17) is 9.68 Å². The average molecular weight is 636 g/mol. The molecule has 0 aliphatic carbocycles. The Bertz CT molecular complexity index is 1150. The fourth-order valence-electron chi connectivity index (χ4n) is 4.89. The highest BCUT2D eigenvalue weighted by Gasteiger charge is 2.32. The minimum absolute atomic E-state index is 0.000769. The van der Waals surface area contributed by atoms with Gasteiger partial charge in [-0.25, -0.2) is 9.59 Å². The van der Waals surface area contributed by atoms with Gasteiger partial charge in [-0.15, -0.1) is 5.06 Å². The van der Waals surface area contributed by atoms with Crippen LogP contribution in [-0.4, -0.2) is 64.2 Å². The smallest absolute Gasteiger partial charge is 0.333 e. The first-order chi connectivity index (χ1) is 21.0. The van der Waals surface area contributed by atoms with Crippen molar-refractivity contribution in [1.82, 2.24) is 10.1 Å². The third kappa shape index (κ3) is 11.9. The van der Waals surface area contributed by atoms with Crippen molar-refractivity contribution in [2.75, 3.05) is 18.9 Å². The number of anilines is 1. The van der Waals surface area contributed by atoms with E-state index in [1.165, 1.54) is 7.05 Å². The van der Waals surface area contributed by atoms with Gasteiger partial charge in [0.15, 0.2) is 0 Å². The lowest BCUT2D eigenvalue weighted by atomic mass is 9.75. The van der Waals surface area contributed by atoms with Gasteiger partial charge in [-0.2, -0.15) is 5.06 Å². The molecule has 0 bridgehead atoms. The summed E-state index contributed by atoms with van der Waals surface area (Å²) in [7, 11) is 1.36. The fraction of sp³-hybridized carbons (Fsp3) is 0.613. The van der Waals surface area contributed by atoms with Crippen molar-refractivity contribution in [3.05, 3.63) is 23.8 Å². The molecule has 1 unspecified atom stereocenters. The van der Waals surface area contributed by atoms with E-state index >= 15 is 0 Å². The van der Waals surface area contributed by atoms with Crippen molar-refractivity contribution in [2.45, 2.75) is 114 Å². The van der Waals surface area contributed by atoms with Crippen LogP contribution < -0.4 is 5.32 Å². The quantitative estimate of drug-likeness (QED) is 0.0625. The van der Waals surface area contributed by atoms with Gasteiger partial charge in [0.1, 0.15) is 6.29 Å². The Morgan fingerprint density at radius 2 is 1.68 bits per heavy atom. The number of imide groups is 1. The summed E-state index contributed by atoms with van der Waals surface area (Å²) >= 11 is 0.700. The van der Waals surface area contributed by atoms with Crippen molar-refractivity contribution in [2.24, 2.45) is 0 Å². The molecule has 0 aromatic heterocycles. The molecule has 1 aromatic carbocycles. The second-order valence-electron chi connectivity index (χ2n) is 11.1. The minimum atomic E-state index is -0.593. The van der Waals surface area contributed by atoms with Gasteiger partial charge in [0.05, 0.1) is 0 Å². The maximum Gasteiger partial charge on any atom is 0.333 e. The molecular weight excluding hydrogens is 590 g/mol. The Morgan fingerprint density at radius 1 is 1.02 bits per heavy atom. The number of hydroxylamine groups is 4. The summed E-state index contributed by atoms with van der Waals surface area (Å²) in [5.41, 5.74) is 1.88. The van der Waals surface area contributed by atoms with E-state index in [1.54, 1.807) is 0 Å². The van der Waals surface area contributed by atoms with Crippen LogP contribution in [0, 0.1) is 0 Å². The maximum absolute atomic E-state index is 12.1. The molecule has 0 radical (unpaired) electrons. The second-order valence-corrected chi connectivity index (χ2v) is 11.8. The third-order valence-corrected chi connectivity index (χ3v) is 8.24. The first-order valence-corrected chi connectivity index (χ1v) is 16.0. The van der Waals surface area contributed by atoms with Crippen molar-refractivity contribution in [3.63, 3.8) is 0 Å². The lowest BCUT2D eigenvalue weighted by Gasteiger charge is -2.32. The van der Waals surface area contributed by atoms with Gasteiger partial charge in [0, 0.05) is 74.7 Å². The lowest BCUT2D eigenvalue weighted by molar-refractivity contribution is -0.197. The molecule has 1 heterocycles. The van der Waals surface area contributed by atoms with Gasteiger partial charge in [0.2, 0.25) is 0 Å². The molecule has 44 heavy (non-hydrogen) atoms. The van der Waals surface area contributed by atoms with E-state index in [2.05, 4.69) is 19.2 Å². The summed E-state index contributed by atoms with van der Waals surface area (Å²) in [5, 5.41) is 4.96. The molecule has 12 nitrogen and oxygen atoms in total. The first-order valence-electron chi connectivity index (χ1n) is 15.2. The van der Waals surface area contributed by atoms with E-state index in [1.807, 2.05) is 18.2 Å². The molecule has 1 fully saturated rings. The molecular formula is C31H45N3O9S. The van der Waals surface area contributed by atoms with Crippen LogP contribution in [0.3, 0.4) is 0 Å². The summed E-state index contributed by atoms with van der Waals surface area (Å²) in [6.45, 7) is 4.99. The predicted molar refractivity (Wildman–Crippen MR) is 164 cm³/mol. The van der Waals surface area contributed by atoms with Gasteiger partial charge < -0.3 is 24.3 Å². The number of nitrogens with one attached hydrogen (secondary N) is 1. The Balaban J connectivity index is 1.80. The topological polar surface area (TPSA) is 160 Å². The molecule has 2 rings (SSSR count). The van der Waals surface area contributed by atoms with Gasteiger partial charge >= 0.3 is 11.9 Å². The SMILES string of the molecule is CCC(C)(CCCCCC(=O)ON(C)C(=O)CCC=O)c1cc(SO)ccc1NCCCCCC(=O)ON1C(=O)CCC1=O. The highest BCUT2D eigenvalue weighted by molar-refractivity contribution is 7.93. The normalized spacial score (nSPS) is 14.2. The monoisotopic (exact) mass is 635 g/mol. The molecule has 244 valence electrons. The van der Waals surface area contributed by atoms with Crippen LogP contribution in [0.4, 0.5) is 5.69 Å². The van der Waals surface area contributed by atoms with E-state index in [9.17, 15) is 33.3 Å². The number of hydrogen-bond acceptors (Lipinski definition) is 11. The van der Waals surface area contributed by atoms with Crippen LogP contribution >= 0.6 is 12.0 Å². The predicted octanol–water partition coefficient (Wildman–Crippen LogP) is 5.35. The molecule has 1 aliphatic rings. The standard InChI is InChI=1S/C31H45N3O9S/c1-4-31(2,19-9-5-7-13-29(39)42-33(3)26(36)12-11-21-35)24-22-23(44-41)15-16-25(24)32-20-10-6-8-14-30(40)43-34-27(37)17-18-28(34)38/h15-16,21-22,32,41H,4-14,17-20H2,1-3H3. The van der Waals surface area contributed by atoms with E-state index in [0.29, 0.717) is 42.8 Å². The van der Waals surface area contributed by atoms with Gasteiger partial charge in [0.25, 0.3) is 17.7 Å². The van der Waals surface area contributed by atoms with E-state index in [-0.39, 0.29) is 43.9 Å². The zero-order valence-electron chi connectivity index (χ0n) is 25.9. The largest absolute Gasteiger partial charge is 0.385 e. The van der Waals surface area contributed by atoms with E-state index < -0.39 is 29.7 Å². The molecule has 1 saturated heterocycles. The highest BCUT2D eigenvalue weighted by Crippen LogP contribution is 2.39. The zero-order valence-corrected chi connectivity index (χ0v) is 26.7. The van der Waals surface area contributed by atoms with E-state index in [0.717, 1.165) is 59.7 Å². The molecule has 1 atom stereocenters. The summed E-state index contributed by atoms with van der Waals surface area (Å²) in [6.07, 6.45) is 7.28. The summed E-state index contributed by atoms with van der Waals surface area (Å²) in [5.74, 6) is -2.48. The molecule has 1 aliphatic heterocycles. The number of amides is 3. The van der Waals surface area contributed by atoms with Crippen LogP contribution in [0.15, 0.2) is 23.1 Å². The van der Waals surface area contributed by atoms with Crippen molar-refractivity contribution >= 4 is 53.7 Å². The molecule has 2 N–H and O–H groups in total. The second kappa shape index (κ2) is 19.0. The molecule has 0 saturated carbocycles. The van der Waals surface area contributed by atoms with Crippen LogP contribution in [0.5, 0.6) is 0 Å². The molecule has 0 spiro atoms. The summed E-state index contributed by atoms with van der Waals surface area (Å²) in [4.78, 5) is 80.2. The van der Waals surface area contributed by atoms with Crippen molar-refractivity contribution < 1.29 is 43.0 Å². The number of benzene rings is 1. The number of carbonyl (C=O) groups is 6. The summed E-state index contributed by atoms with van der Waals surface area (Å²) < 4.78 is 9.70. The lowest BCUT2D eigenvalue weighted by Crippen LogP contribution is -2.31. The highest BCUT2D eigenvalue weighted by atomic mass is 32.2. The Kier molecular flexibility index (Phi) is 15.9. The molecule has 3 amide bonds. The fourth-order valence-corrected chi connectivity index (χ4v) is 5.18. The average Bonchev–Trinajstić information content (AvgIpc) is 3.33. The molecule has 13 heteroatoms. The number of unbranched alkanes of at least 4 members (excludes halogenated alkanes) is 4. The van der Waals surface area contributed by atoms with Crippen LogP contribution in [0.1, 0.15) is 109 Å². The van der Waals surface area contributed by atoms with Crippen molar-refractivity contribution in [1.29, 1.82) is 0 Å². The van der Waals surface area contributed by atoms with Crippen LogP contribution in [-0.2, 0) is 43.9 Å². The van der Waals surface area contributed by atoms with Gasteiger partial charge in [-0.05, 0) is 61.3 Å². The zero-order chi connectivity index (χ0) is 32.5. The van der Waals surface area contributed by atoms with Crippen molar-refractivity contribution in [3.8, 4) is 0 Å². The van der Waals surface area contributed by atoms with Crippen LogP contribution in [0.25, 0.3) is 0 Å². The Hall–Kier alpha value is -3.45. The van der Waals surface area contributed by atoms with Gasteiger partial charge in [-0.3, -0.25) is 14.4 Å². The molecule has 1 aromatic rings. The third-order valence-electron chi connectivity index (χ3n) is 7.77. The number of aldehydes is 1.